The van der Waals surface area contributed by atoms with E-state index < -0.39 is 0 Å². The Bertz CT molecular complexity index is 1360. The number of rotatable bonds is 7. The van der Waals surface area contributed by atoms with Crippen molar-refractivity contribution in [3.63, 3.8) is 0 Å². The molecule has 0 saturated heterocycles. The average Bonchev–Trinajstić information content (AvgIpc) is 3.31. The molecular formula is C26H30N8O2. The number of aromatic amines is 1. The van der Waals surface area contributed by atoms with Crippen LogP contribution in [0.15, 0.2) is 24.4 Å². The van der Waals surface area contributed by atoms with E-state index in [1.807, 2.05) is 12.1 Å². The van der Waals surface area contributed by atoms with Gasteiger partial charge < -0.3 is 35.8 Å². The minimum absolute atomic E-state index is 0.297. The van der Waals surface area contributed by atoms with Gasteiger partial charge in [0.1, 0.15) is 30.7 Å². The van der Waals surface area contributed by atoms with Gasteiger partial charge in [-0.1, -0.05) is 19.8 Å². The van der Waals surface area contributed by atoms with Crippen LogP contribution in [-0.4, -0.2) is 47.5 Å². The summed E-state index contributed by atoms with van der Waals surface area (Å²) < 4.78 is 12.0. The van der Waals surface area contributed by atoms with Crippen LogP contribution in [0.5, 0.6) is 11.5 Å². The molecule has 1 aromatic carbocycles. The van der Waals surface area contributed by atoms with Gasteiger partial charge in [0.15, 0.2) is 11.5 Å². The Balaban J connectivity index is 1.53. The van der Waals surface area contributed by atoms with Crippen LogP contribution in [-0.2, 0) is 0 Å². The molecule has 0 bridgehead atoms. The highest BCUT2D eigenvalue weighted by Crippen LogP contribution is 2.43. The Labute approximate surface area is 209 Å². The lowest BCUT2D eigenvalue weighted by Crippen LogP contribution is -2.27. The molecule has 0 amide bonds. The van der Waals surface area contributed by atoms with E-state index in [-0.39, 0.29) is 0 Å². The summed E-state index contributed by atoms with van der Waals surface area (Å²) in [6.45, 7) is 3.13. The number of nitrogens with one attached hydrogen (secondary N) is 5. The van der Waals surface area contributed by atoms with Gasteiger partial charge in [-0.05, 0) is 37.0 Å². The zero-order chi connectivity index (χ0) is 25.1. The maximum atomic E-state index is 9.64. The van der Waals surface area contributed by atoms with Gasteiger partial charge in [-0.3, -0.25) is 0 Å². The normalized spacial score (nSPS) is 19.4. The molecule has 2 atom stereocenters. The van der Waals surface area contributed by atoms with Crippen LogP contribution in [0.3, 0.4) is 0 Å². The van der Waals surface area contributed by atoms with Crippen molar-refractivity contribution in [3.05, 3.63) is 35.5 Å². The fourth-order valence-corrected chi connectivity index (χ4v) is 5.00. The molecule has 1 aliphatic carbocycles. The van der Waals surface area contributed by atoms with Gasteiger partial charge >= 0.3 is 0 Å². The van der Waals surface area contributed by atoms with Crippen LogP contribution in [0.1, 0.15) is 43.7 Å². The van der Waals surface area contributed by atoms with Crippen LogP contribution < -0.4 is 25.4 Å². The van der Waals surface area contributed by atoms with Crippen molar-refractivity contribution >= 4 is 40.4 Å². The molecule has 1 saturated carbocycles. The number of ether oxygens (including phenoxy) is 2. The number of hydrogen-bond donors (Lipinski definition) is 5. The van der Waals surface area contributed by atoms with E-state index in [2.05, 4.69) is 38.9 Å². The van der Waals surface area contributed by atoms with Crippen molar-refractivity contribution in [2.24, 2.45) is 5.92 Å². The third-order valence-electron chi connectivity index (χ3n) is 6.67. The minimum Gasteiger partial charge on any atom is -0.485 e. The summed E-state index contributed by atoms with van der Waals surface area (Å²) in [6, 6.07) is 6.33. The van der Waals surface area contributed by atoms with Crippen molar-refractivity contribution in [2.45, 2.75) is 38.6 Å². The Morgan fingerprint density at radius 1 is 1.22 bits per heavy atom. The largest absolute Gasteiger partial charge is 0.485 e. The maximum absolute atomic E-state index is 9.64. The molecule has 2 aliphatic rings. The summed E-state index contributed by atoms with van der Waals surface area (Å²) in [7, 11) is 1.80. The number of anilines is 3. The standard InChI is InChI=1S/C26H30N8O2/c1-15-4-3-5-17(12-15)31-25-21-16(13-28)14-30-24(21)33-26(34-25)32-20-7-6-18(19(29-2)8-9-27)22-23(20)36-11-10-35-22/h6-9,14-15,17,27,29H,3-5,10-12H2,1-2H3,(H3,30,31,32,33,34)/b19-8-,27-9?/t15-,17?/m1/s1. The first-order valence-corrected chi connectivity index (χ1v) is 12.3. The van der Waals surface area contributed by atoms with E-state index in [1.54, 1.807) is 19.3 Å². The summed E-state index contributed by atoms with van der Waals surface area (Å²) in [4.78, 5) is 12.5. The molecule has 5 N–H and O–H groups in total. The first kappa shape index (κ1) is 23.5. The van der Waals surface area contributed by atoms with Gasteiger partial charge in [-0.25, -0.2) is 0 Å². The maximum Gasteiger partial charge on any atom is 0.231 e. The summed E-state index contributed by atoms with van der Waals surface area (Å²) in [6.07, 6.45) is 9.11. The van der Waals surface area contributed by atoms with Crippen molar-refractivity contribution in [1.82, 2.24) is 20.3 Å². The molecule has 1 unspecified atom stereocenters. The fourth-order valence-electron chi connectivity index (χ4n) is 5.00. The lowest BCUT2D eigenvalue weighted by atomic mass is 9.87. The van der Waals surface area contributed by atoms with Crippen molar-refractivity contribution in [1.29, 1.82) is 10.7 Å². The molecule has 2 aromatic heterocycles. The number of nitriles is 1. The summed E-state index contributed by atoms with van der Waals surface area (Å²) in [5.74, 6) is 2.84. The molecule has 10 heteroatoms. The van der Waals surface area contributed by atoms with E-state index in [0.29, 0.717) is 70.7 Å². The molecule has 1 fully saturated rings. The molecule has 1 aliphatic heterocycles. The molecule has 36 heavy (non-hydrogen) atoms. The smallest absolute Gasteiger partial charge is 0.231 e. The monoisotopic (exact) mass is 486 g/mol. The number of aromatic nitrogens is 3. The number of nitrogens with zero attached hydrogens (tertiary/aromatic N) is 3. The lowest BCUT2D eigenvalue weighted by molar-refractivity contribution is 0.172. The van der Waals surface area contributed by atoms with Crippen LogP contribution in [0.4, 0.5) is 17.5 Å². The Hall–Kier alpha value is -4.26. The van der Waals surface area contributed by atoms with E-state index in [1.165, 1.54) is 19.1 Å². The second kappa shape index (κ2) is 10.2. The zero-order valence-corrected chi connectivity index (χ0v) is 20.4. The third kappa shape index (κ3) is 4.52. The highest BCUT2D eigenvalue weighted by atomic mass is 16.6. The molecular weight excluding hydrogens is 456 g/mol. The number of H-pyrrole nitrogens is 1. The predicted octanol–water partition coefficient (Wildman–Crippen LogP) is 4.54. The number of allylic oxidation sites excluding steroid dienone is 1. The quantitative estimate of drug-likeness (QED) is 0.306. The molecule has 0 spiro atoms. The van der Waals surface area contributed by atoms with Gasteiger partial charge in [0.25, 0.3) is 0 Å². The van der Waals surface area contributed by atoms with Crippen LogP contribution in [0.2, 0.25) is 0 Å². The number of benzene rings is 1. The third-order valence-corrected chi connectivity index (χ3v) is 6.67. The number of hydrogen-bond acceptors (Lipinski definition) is 9. The topological polar surface area (TPSA) is 144 Å². The Morgan fingerprint density at radius 3 is 2.81 bits per heavy atom. The van der Waals surface area contributed by atoms with E-state index >= 15 is 0 Å². The second-order valence-corrected chi connectivity index (χ2v) is 9.18. The molecule has 3 aromatic rings. The van der Waals surface area contributed by atoms with Gasteiger partial charge in [0.2, 0.25) is 5.95 Å². The highest BCUT2D eigenvalue weighted by Gasteiger charge is 2.25. The highest BCUT2D eigenvalue weighted by molar-refractivity contribution is 5.94. The van der Waals surface area contributed by atoms with E-state index in [0.717, 1.165) is 24.1 Å². The second-order valence-electron chi connectivity index (χ2n) is 9.18. The van der Waals surface area contributed by atoms with Crippen molar-refractivity contribution in [3.8, 4) is 17.6 Å². The average molecular weight is 487 g/mol. The molecule has 3 heterocycles. The molecule has 10 nitrogen and oxygen atoms in total. The Kier molecular flexibility index (Phi) is 6.62. The lowest BCUT2D eigenvalue weighted by Gasteiger charge is -2.28. The van der Waals surface area contributed by atoms with Crippen LogP contribution in [0, 0.1) is 22.7 Å². The summed E-state index contributed by atoms with van der Waals surface area (Å²) >= 11 is 0. The van der Waals surface area contributed by atoms with Crippen molar-refractivity contribution in [2.75, 3.05) is 30.9 Å². The summed E-state index contributed by atoms with van der Waals surface area (Å²) in [5.41, 5.74) is 3.32. The Morgan fingerprint density at radius 2 is 2.06 bits per heavy atom. The fraction of sp³-hybridized carbons (Fsp3) is 0.385. The van der Waals surface area contributed by atoms with Crippen LogP contribution in [0.25, 0.3) is 16.7 Å². The molecule has 186 valence electrons. The minimum atomic E-state index is 0.297. The summed E-state index contributed by atoms with van der Waals surface area (Å²) in [5, 5.41) is 27.8. The van der Waals surface area contributed by atoms with E-state index in [4.69, 9.17) is 19.9 Å². The predicted molar refractivity (Wildman–Crippen MR) is 140 cm³/mol. The zero-order valence-electron chi connectivity index (χ0n) is 20.4. The van der Waals surface area contributed by atoms with Crippen molar-refractivity contribution < 1.29 is 9.47 Å². The SMILES string of the molecule is CN/C(=C\C=N)c1ccc(Nc2nc(NC3CCC[C@@H](C)C3)c3c(C#N)c[nH]c3n2)c2c1OCCO2. The molecule has 5 rings (SSSR count). The first-order valence-electron chi connectivity index (χ1n) is 12.3. The number of fused-ring (bicyclic) bond motifs is 2. The molecule has 0 radical (unpaired) electrons. The van der Waals surface area contributed by atoms with Gasteiger partial charge in [0, 0.05) is 36.8 Å². The van der Waals surface area contributed by atoms with E-state index in [9.17, 15) is 5.26 Å². The van der Waals surface area contributed by atoms with Gasteiger partial charge in [-0.2, -0.15) is 15.2 Å². The van der Waals surface area contributed by atoms with Gasteiger partial charge in [-0.15, -0.1) is 0 Å². The first-order chi connectivity index (χ1) is 17.6. The van der Waals surface area contributed by atoms with Crippen LogP contribution >= 0.6 is 0 Å². The van der Waals surface area contributed by atoms with Gasteiger partial charge in [0.05, 0.1) is 16.6 Å².